The van der Waals surface area contributed by atoms with Gasteiger partial charge in [-0.15, -0.1) is 0 Å². The number of aromatic nitrogens is 2. The lowest BCUT2D eigenvalue weighted by Gasteiger charge is -2.04. The fraction of sp³-hybridized carbons (Fsp3) is 0.167. The van der Waals surface area contributed by atoms with Gasteiger partial charge in [0.1, 0.15) is 10.6 Å². The highest BCUT2D eigenvalue weighted by Crippen LogP contribution is 2.10. The SMILES string of the molecule is O=C(O)c1cc(S(=O)(=O)NCCc2ccccn2)c[nH]1. The van der Waals surface area contributed by atoms with Crippen LogP contribution < -0.4 is 4.72 Å². The fourth-order valence-corrected chi connectivity index (χ4v) is 2.62. The van der Waals surface area contributed by atoms with Crippen LogP contribution in [0.1, 0.15) is 16.2 Å². The highest BCUT2D eigenvalue weighted by atomic mass is 32.2. The lowest BCUT2D eigenvalue weighted by molar-refractivity contribution is 0.0691. The van der Waals surface area contributed by atoms with Crippen LogP contribution in [0, 0.1) is 0 Å². The molecule has 20 heavy (non-hydrogen) atoms. The zero-order valence-corrected chi connectivity index (χ0v) is 11.2. The van der Waals surface area contributed by atoms with Gasteiger partial charge in [0.15, 0.2) is 0 Å². The van der Waals surface area contributed by atoms with Crippen LogP contribution >= 0.6 is 0 Å². The smallest absolute Gasteiger partial charge is 0.352 e. The molecule has 3 N–H and O–H groups in total. The summed E-state index contributed by atoms with van der Waals surface area (Å²) in [6, 6.07) is 6.47. The van der Waals surface area contributed by atoms with Gasteiger partial charge in [0, 0.05) is 31.1 Å². The van der Waals surface area contributed by atoms with Crippen molar-refractivity contribution in [2.24, 2.45) is 0 Å². The molecule has 0 saturated carbocycles. The first-order chi connectivity index (χ1) is 9.49. The van der Waals surface area contributed by atoms with Crippen LogP contribution in [-0.4, -0.2) is 36.0 Å². The molecule has 2 heterocycles. The number of pyridine rings is 1. The molecular weight excluding hydrogens is 282 g/mol. The van der Waals surface area contributed by atoms with Crippen molar-refractivity contribution in [1.29, 1.82) is 0 Å². The van der Waals surface area contributed by atoms with Gasteiger partial charge in [0.25, 0.3) is 0 Å². The number of hydrogen-bond acceptors (Lipinski definition) is 4. The van der Waals surface area contributed by atoms with Crippen molar-refractivity contribution in [2.45, 2.75) is 11.3 Å². The average molecular weight is 295 g/mol. The number of sulfonamides is 1. The lowest BCUT2D eigenvalue weighted by Crippen LogP contribution is -2.25. The Morgan fingerprint density at radius 2 is 2.20 bits per heavy atom. The average Bonchev–Trinajstić information content (AvgIpc) is 2.90. The Morgan fingerprint density at radius 1 is 1.40 bits per heavy atom. The molecule has 0 saturated heterocycles. The minimum atomic E-state index is -3.72. The fourth-order valence-electron chi connectivity index (χ4n) is 1.60. The van der Waals surface area contributed by atoms with Crippen LogP contribution in [-0.2, 0) is 16.4 Å². The molecule has 0 aliphatic rings. The van der Waals surface area contributed by atoms with Crippen molar-refractivity contribution in [1.82, 2.24) is 14.7 Å². The zero-order chi connectivity index (χ0) is 14.6. The molecule has 0 fully saturated rings. The number of carboxylic acids is 1. The first-order valence-corrected chi connectivity index (χ1v) is 7.28. The van der Waals surface area contributed by atoms with E-state index in [1.807, 2.05) is 6.07 Å². The van der Waals surface area contributed by atoms with E-state index in [1.165, 1.54) is 0 Å². The van der Waals surface area contributed by atoms with Gasteiger partial charge >= 0.3 is 5.97 Å². The van der Waals surface area contributed by atoms with Gasteiger partial charge in [0.05, 0.1) is 0 Å². The molecule has 0 bridgehead atoms. The number of nitrogens with one attached hydrogen (secondary N) is 2. The van der Waals surface area contributed by atoms with E-state index in [1.54, 1.807) is 18.3 Å². The van der Waals surface area contributed by atoms with E-state index in [-0.39, 0.29) is 17.1 Å². The van der Waals surface area contributed by atoms with E-state index in [2.05, 4.69) is 14.7 Å². The molecule has 0 unspecified atom stereocenters. The standard InChI is InChI=1S/C12H13N3O4S/c16-12(17)11-7-10(8-14-11)20(18,19)15-6-4-9-3-1-2-5-13-9/h1-3,5,7-8,14-15H,4,6H2,(H,16,17). The van der Waals surface area contributed by atoms with E-state index >= 15 is 0 Å². The van der Waals surface area contributed by atoms with E-state index < -0.39 is 16.0 Å². The third-order valence-corrected chi connectivity index (χ3v) is 4.04. The van der Waals surface area contributed by atoms with Gasteiger partial charge < -0.3 is 10.1 Å². The molecular formula is C12H13N3O4S. The highest BCUT2D eigenvalue weighted by molar-refractivity contribution is 7.89. The molecule has 2 aromatic heterocycles. The van der Waals surface area contributed by atoms with E-state index in [9.17, 15) is 13.2 Å². The van der Waals surface area contributed by atoms with E-state index in [0.29, 0.717) is 6.42 Å². The second-order valence-corrected chi connectivity index (χ2v) is 5.79. The van der Waals surface area contributed by atoms with Crippen LogP contribution in [0.25, 0.3) is 0 Å². The largest absolute Gasteiger partial charge is 0.477 e. The molecule has 8 heteroatoms. The number of hydrogen-bond donors (Lipinski definition) is 3. The summed E-state index contributed by atoms with van der Waals surface area (Å²) in [6.07, 6.45) is 3.23. The van der Waals surface area contributed by atoms with Gasteiger partial charge in [-0.3, -0.25) is 4.98 Å². The van der Waals surface area contributed by atoms with Crippen LogP contribution in [0.15, 0.2) is 41.6 Å². The number of aromatic carboxylic acids is 1. The molecule has 0 atom stereocenters. The number of nitrogens with zero attached hydrogens (tertiary/aromatic N) is 1. The lowest BCUT2D eigenvalue weighted by atomic mass is 10.3. The number of aromatic amines is 1. The summed E-state index contributed by atoms with van der Waals surface area (Å²) in [7, 11) is -3.72. The monoisotopic (exact) mass is 295 g/mol. The minimum Gasteiger partial charge on any atom is -0.477 e. The topological polar surface area (TPSA) is 112 Å². The summed E-state index contributed by atoms with van der Waals surface area (Å²) >= 11 is 0. The van der Waals surface area contributed by atoms with Gasteiger partial charge in [-0.25, -0.2) is 17.9 Å². The molecule has 0 aliphatic carbocycles. The Morgan fingerprint density at radius 3 is 2.80 bits per heavy atom. The molecule has 106 valence electrons. The molecule has 7 nitrogen and oxygen atoms in total. The van der Waals surface area contributed by atoms with Gasteiger partial charge in [-0.05, 0) is 18.2 Å². The van der Waals surface area contributed by atoms with Gasteiger partial charge in [-0.1, -0.05) is 6.07 Å². The van der Waals surface area contributed by atoms with Crippen LogP contribution in [0.5, 0.6) is 0 Å². The number of carboxylic acid groups (broad SMARTS) is 1. The predicted molar refractivity (Wildman–Crippen MR) is 70.9 cm³/mol. The van der Waals surface area contributed by atoms with Crippen molar-refractivity contribution >= 4 is 16.0 Å². The summed E-state index contributed by atoms with van der Waals surface area (Å²) in [5, 5.41) is 8.73. The second kappa shape index (κ2) is 5.85. The van der Waals surface area contributed by atoms with Crippen molar-refractivity contribution in [2.75, 3.05) is 6.54 Å². The van der Waals surface area contributed by atoms with Gasteiger partial charge in [-0.2, -0.15) is 0 Å². The Kier molecular flexibility index (Phi) is 4.16. The molecule has 2 rings (SSSR count). The van der Waals surface area contributed by atoms with Crippen LogP contribution in [0.4, 0.5) is 0 Å². The van der Waals surface area contributed by atoms with E-state index in [4.69, 9.17) is 5.11 Å². The van der Waals surface area contributed by atoms with Crippen molar-refractivity contribution in [3.63, 3.8) is 0 Å². The minimum absolute atomic E-state index is 0.101. The third-order valence-electron chi connectivity index (χ3n) is 2.60. The maximum atomic E-state index is 11.9. The number of rotatable bonds is 6. The summed E-state index contributed by atoms with van der Waals surface area (Å²) in [5.41, 5.74) is 0.602. The maximum Gasteiger partial charge on any atom is 0.352 e. The van der Waals surface area contributed by atoms with Crippen molar-refractivity contribution < 1.29 is 18.3 Å². The maximum absolute atomic E-state index is 11.9. The normalized spacial score (nSPS) is 11.4. The number of H-pyrrole nitrogens is 1. The quantitative estimate of drug-likeness (QED) is 0.723. The zero-order valence-electron chi connectivity index (χ0n) is 10.4. The summed E-state index contributed by atoms with van der Waals surface area (Å²) in [6.45, 7) is 0.187. The predicted octanol–water partition coefficient (Wildman–Crippen LogP) is 0.629. The summed E-state index contributed by atoms with van der Waals surface area (Å²) in [5.74, 6) is -1.21. The Bertz CT molecular complexity index is 695. The Labute approximate surface area is 115 Å². The molecule has 0 aliphatic heterocycles. The van der Waals surface area contributed by atoms with Gasteiger partial charge in [0.2, 0.25) is 10.0 Å². The third kappa shape index (κ3) is 3.43. The second-order valence-electron chi connectivity index (χ2n) is 4.02. The molecule has 0 radical (unpaired) electrons. The molecule has 0 amide bonds. The van der Waals surface area contributed by atoms with Crippen LogP contribution in [0.2, 0.25) is 0 Å². The molecule has 0 aromatic carbocycles. The highest BCUT2D eigenvalue weighted by Gasteiger charge is 2.17. The van der Waals surface area contributed by atoms with Crippen LogP contribution in [0.3, 0.4) is 0 Å². The molecule has 2 aromatic rings. The Balaban J connectivity index is 1.98. The summed E-state index contributed by atoms with van der Waals surface area (Å²) < 4.78 is 26.2. The van der Waals surface area contributed by atoms with Crippen molar-refractivity contribution in [3.05, 3.63) is 48.0 Å². The van der Waals surface area contributed by atoms with Crippen molar-refractivity contribution in [3.8, 4) is 0 Å². The first-order valence-electron chi connectivity index (χ1n) is 5.80. The first kappa shape index (κ1) is 14.2. The van der Waals surface area contributed by atoms with E-state index in [0.717, 1.165) is 18.0 Å². The Hall–Kier alpha value is -2.19. The summed E-state index contributed by atoms with van der Waals surface area (Å²) in [4.78, 5) is 17.1. The number of carbonyl (C=O) groups is 1. The molecule has 0 spiro atoms.